The molecule has 84 valence electrons. The monoisotopic (exact) mass is 295 g/mol. The van der Waals surface area contributed by atoms with Crippen molar-refractivity contribution in [2.24, 2.45) is 5.73 Å². The summed E-state index contributed by atoms with van der Waals surface area (Å²) in [7, 11) is 0. The van der Waals surface area contributed by atoms with Crippen LogP contribution in [0.5, 0.6) is 0 Å². The summed E-state index contributed by atoms with van der Waals surface area (Å²) < 4.78 is 1.10. The minimum atomic E-state index is -0.252. The van der Waals surface area contributed by atoms with Gasteiger partial charge >= 0.3 is 0 Å². The zero-order valence-electron chi connectivity index (χ0n) is 9.33. The molecule has 0 radical (unpaired) electrons. The molecule has 0 bridgehead atoms. The fourth-order valence-electron chi connectivity index (χ4n) is 1.45. The highest BCUT2D eigenvalue weighted by atomic mass is 79.9. The Hall–Kier alpha value is -0.640. The third kappa shape index (κ3) is 2.54. The highest BCUT2D eigenvalue weighted by Gasteiger charge is 2.16. The second kappa shape index (κ2) is 4.32. The van der Waals surface area contributed by atoms with Crippen LogP contribution in [0.2, 0.25) is 0 Å². The summed E-state index contributed by atoms with van der Waals surface area (Å²) in [6.07, 6.45) is 0. The van der Waals surface area contributed by atoms with Crippen molar-refractivity contribution in [3.8, 4) is 10.4 Å². The van der Waals surface area contributed by atoms with Gasteiger partial charge in [-0.25, -0.2) is 0 Å². The molecule has 1 nitrogen and oxygen atoms in total. The lowest BCUT2D eigenvalue weighted by Crippen LogP contribution is -2.27. The van der Waals surface area contributed by atoms with E-state index in [4.69, 9.17) is 5.73 Å². The van der Waals surface area contributed by atoms with E-state index in [0.717, 1.165) is 4.47 Å². The first-order chi connectivity index (χ1) is 7.47. The highest BCUT2D eigenvalue weighted by Crippen LogP contribution is 2.33. The lowest BCUT2D eigenvalue weighted by molar-refractivity contribution is 0.567. The Morgan fingerprint density at radius 1 is 1.06 bits per heavy atom. The first-order valence-corrected chi connectivity index (χ1v) is 6.73. The summed E-state index contributed by atoms with van der Waals surface area (Å²) in [5, 5.41) is 0. The van der Waals surface area contributed by atoms with Gasteiger partial charge in [0.1, 0.15) is 0 Å². The Morgan fingerprint density at radius 2 is 1.69 bits per heavy atom. The summed E-state index contributed by atoms with van der Waals surface area (Å²) >= 11 is 5.20. The van der Waals surface area contributed by atoms with Crippen molar-refractivity contribution in [2.75, 3.05) is 0 Å². The Kier molecular flexibility index (Phi) is 3.19. The van der Waals surface area contributed by atoms with Gasteiger partial charge in [0.2, 0.25) is 0 Å². The number of hydrogen-bond donors (Lipinski definition) is 1. The van der Waals surface area contributed by atoms with Gasteiger partial charge in [-0.2, -0.15) is 0 Å². The molecule has 1 aromatic heterocycles. The molecule has 1 aromatic carbocycles. The fourth-order valence-corrected chi connectivity index (χ4v) is 2.74. The number of benzene rings is 1. The number of hydrogen-bond acceptors (Lipinski definition) is 2. The quantitative estimate of drug-likeness (QED) is 0.875. The van der Waals surface area contributed by atoms with Crippen LogP contribution in [0.1, 0.15) is 18.7 Å². The van der Waals surface area contributed by atoms with Gasteiger partial charge in [-0.15, -0.1) is 11.3 Å². The van der Waals surface area contributed by atoms with Crippen molar-refractivity contribution < 1.29 is 0 Å². The number of thiophene rings is 1. The van der Waals surface area contributed by atoms with Gasteiger partial charge in [0.25, 0.3) is 0 Å². The van der Waals surface area contributed by atoms with Crippen LogP contribution in [0.25, 0.3) is 10.4 Å². The van der Waals surface area contributed by atoms with E-state index in [1.165, 1.54) is 15.3 Å². The maximum absolute atomic E-state index is 6.08. The van der Waals surface area contributed by atoms with E-state index in [0.29, 0.717) is 0 Å². The molecule has 3 heteroatoms. The van der Waals surface area contributed by atoms with Crippen molar-refractivity contribution in [3.05, 3.63) is 45.7 Å². The maximum Gasteiger partial charge on any atom is 0.0446 e. The van der Waals surface area contributed by atoms with Gasteiger partial charge in [0.15, 0.2) is 0 Å². The van der Waals surface area contributed by atoms with Crippen LogP contribution in [0.15, 0.2) is 40.9 Å². The lowest BCUT2D eigenvalue weighted by Gasteiger charge is -2.15. The molecule has 0 aliphatic rings. The molecule has 0 aliphatic heterocycles. The Labute approximate surface area is 108 Å². The minimum absolute atomic E-state index is 0.252. The van der Waals surface area contributed by atoms with Crippen LogP contribution in [-0.4, -0.2) is 0 Å². The standard InChI is InChI=1S/C13H14BrNS/c1-13(2,15)12-8-7-11(16-12)9-3-5-10(14)6-4-9/h3-8H,15H2,1-2H3. The lowest BCUT2D eigenvalue weighted by atomic mass is 10.1. The molecule has 0 spiro atoms. The smallest absolute Gasteiger partial charge is 0.0446 e. The maximum atomic E-state index is 6.08. The van der Waals surface area contributed by atoms with Crippen LogP contribution in [0.3, 0.4) is 0 Å². The summed E-state index contributed by atoms with van der Waals surface area (Å²) in [6, 6.07) is 12.6. The third-order valence-corrected chi connectivity index (χ3v) is 4.37. The molecule has 0 atom stereocenters. The van der Waals surface area contributed by atoms with E-state index in [1.54, 1.807) is 11.3 Å². The van der Waals surface area contributed by atoms with E-state index in [1.807, 2.05) is 13.8 Å². The first kappa shape index (κ1) is 11.8. The number of halogens is 1. The van der Waals surface area contributed by atoms with Gasteiger partial charge < -0.3 is 5.73 Å². The fraction of sp³-hybridized carbons (Fsp3) is 0.231. The zero-order valence-corrected chi connectivity index (χ0v) is 11.7. The zero-order chi connectivity index (χ0) is 11.8. The van der Waals surface area contributed by atoms with Crippen LogP contribution >= 0.6 is 27.3 Å². The van der Waals surface area contributed by atoms with Gasteiger partial charge in [0.05, 0.1) is 0 Å². The van der Waals surface area contributed by atoms with Crippen molar-refractivity contribution in [3.63, 3.8) is 0 Å². The normalized spacial score (nSPS) is 11.8. The average Bonchev–Trinajstić information content (AvgIpc) is 2.67. The third-order valence-electron chi connectivity index (χ3n) is 2.37. The Balaban J connectivity index is 2.35. The Bertz CT molecular complexity index is 479. The average molecular weight is 296 g/mol. The van der Waals surface area contributed by atoms with E-state index in [-0.39, 0.29) is 5.54 Å². The van der Waals surface area contributed by atoms with E-state index in [9.17, 15) is 0 Å². The van der Waals surface area contributed by atoms with Crippen molar-refractivity contribution in [1.82, 2.24) is 0 Å². The summed E-state index contributed by atoms with van der Waals surface area (Å²) in [6.45, 7) is 4.06. The van der Waals surface area contributed by atoms with Crippen LogP contribution in [0.4, 0.5) is 0 Å². The topological polar surface area (TPSA) is 26.0 Å². The summed E-state index contributed by atoms with van der Waals surface area (Å²) in [5.41, 5.74) is 7.06. The second-order valence-corrected chi connectivity index (χ2v) is 6.39. The molecule has 2 aromatic rings. The van der Waals surface area contributed by atoms with Crippen LogP contribution in [0, 0.1) is 0 Å². The largest absolute Gasteiger partial charge is 0.321 e. The van der Waals surface area contributed by atoms with E-state index < -0.39 is 0 Å². The van der Waals surface area contributed by atoms with Gasteiger partial charge in [-0.1, -0.05) is 28.1 Å². The van der Waals surface area contributed by atoms with Crippen LogP contribution < -0.4 is 5.73 Å². The molecule has 2 rings (SSSR count). The van der Waals surface area contributed by atoms with Crippen molar-refractivity contribution >= 4 is 27.3 Å². The van der Waals surface area contributed by atoms with E-state index in [2.05, 4.69) is 52.3 Å². The molecule has 0 unspecified atom stereocenters. The van der Waals surface area contributed by atoms with Crippen molar-refractivity contribution in [2.45, 2.75) is 19.4 Å². The molecule has 0 amide bonds. The first-order valence-electron chi connectivity index (χ1n) is 5.12. The molecular formula is C13H14BrNS. The molecule has 0 aliphatic carbocycles. The summed E-state index contributed by atoms with van der Waals surface area (Å²) in [5.74, 6) is 0. The van der Waals surface area contributed by atoms with Gasteiger partial charge in [-0.3, -0.25) is 0 Å². The predicted molar refractivity (Wildman–Crippen MR) is 74.7 cm³/mol. The molecule has 2 N–H and O–H groups in total. The van der Waals surface area contributed by atoms with E-state index >= 15 is 0 Å². The molecular weight excluding hydrogens is 282 g/mol. The Morgan fingerprint density at radius 3 is 2.19 bits per heavy atom. The second-order valence-electron chi connectivity index (χ2n) is 4.39. The molecule has 16 heavy (non-hydrogen) atoms. The molecule has 0 saturated heterocycles. The molecule has 1 heterocycles. The summed E-state index contributed by atoms with van der Waals surface area (Å²) in [4.78, 5) is 2.48. The number of rotatable bonds is 2. The predicted octanol–water partition coefficient (Wildman–Crippen LogP) is 4.37. The minimum Gasteiger partial charge on any atom is -0.321 e. The van der Waals surface area contributed by atoms with Crippen LogP contribution in [-0.2, 0) is 5.54 Å². The number of nitrogens with two attached hydrogens (primary N) is 1. The van der Waals surface area contributed by atoms with Crippen molar-refractivity contribution in [1.29, 1.82) is 0 Å². The molecule has 0 saturated carbocycles. The highest BCUT2D eigenvalue weighted by molar-refractivity contribution is 9.10. The molecule has 0 fully saturated rings. The van der Waals surface area contributed by atoms with Gasteiger partial charge in [-0.05, 0) is 43.7 Å². The SMILES string of the molecule is CC(C)(N)c1ccc(-c2ccc(Br)cc2)s1. The van der Waals surface area contributed by atoms with Gasteiger partial charge in [0, 0.05) is 19.8 Å².